The van der Waals surface area contributed by atoms with Crippen molar-refractivity contribution in [2.75, 3.05) is 32.7 Å². The lowest BCUT2D eigenvalue weighted by molar-refractivity contribution is -0.135. The lowest BCUT2D eigenvalue weighted by atomic mass is 9.93. The van der Waals surface area contributed by atoms with Crippen molar-refractivity contribution in [1.29, 1.82) is 0 Å². The van der Waals surface area contributed by atoms with Gasteiger partial charge in [-0.2, -0.15) is 0 Å². The molecule has 2 aliphatic rings. The fourth-order valence-corrected chi connectivity index (χ4v) is 5.97. The zero-order valence-electron chi connectivity index (χ0n) is 18.9. The third-order valence-corrected chi connectivity index (χ3v) is 7.78. The molecule has 1 fully saturated rings. The third-order valence-electron chi connectivity index (χ3n) is 6.78. The molecule has 0 bridgehead atoms. The molecule has 0 aliphatic carbocycles. The summed E-state index contributed by atoms with van der Waals surface area (Å²) in [6.07, 6.45) is 0.985. The Labute approximate surface area is 199 Å². The van der Waals surface area contributed by atoms with E-state index < -0.39 is 0 Å². The summed E-state index contributed by atoms with van der Waals surface area (Å²) < 4.78 is 0. The highest BCUT2D eigenvalue weighted by molar-refractivity contribution is 7.10. The third kappa shape index (κ3) is 4.45. The summed E-state index contributed by atoms with van der Waals surface area (Å²) in [6.45, 7) is 5.03. The quantitative estimate of drug-likeness (QED) is 0.591. The molecule has 0 spiro atoms. The van der Waals surface area contributed by atoms with Crippen LogP contribution >= 0.6 is 11.3 Å². The Morgan fingerprint density at radius 2 is 1.67 bits per heavy atom. The number of fused-ring (bicyclic) bond motifs is 1. The first-order valence-electron chi connectivity index (χ1n) is 11.6. The number of hydrogen-bond donors (Lipinski definition) is 0. The van der Waals surface area contributed by atoms with E-state index in [0.29, 0.717) is 31.7 Å². The van der Waals surface area contributed by atoms with Crippen LogP contribution in [-0.4, -0.2) is 65.3 Å². The molecule has 2 amide bonds. The van der Waals surface area contributed by atoms with Crippen LogP contribution in [0, 0.1) is 0 Å². The lowest BCUT2D eigenvalue weighted by Crippen LogP contribution is -2.57. The first kappa shape index (κ1) is 21.9. The Bertz CT molecular complexity index is 1110. The van der Waals surface area contributed by atoms with Crippen LogP contribution in [-0.2, 0) is 11.2 Å². The van der Waals surface area contributed by atoms with E-state index in [9.17, 15) is 9.59 Å². The standard InChI is InChI=1S/C27H29N3O2S/c1-20-18-28(15-16-30(20)27(32)22-10-6-3-7-11-22)25(31)19-29-14-12-24-23(13-17-33-24)26(29)21-8-4-2-5-9-21/h2-11,13,17,20,26H,12,14-16,18-19H2,1H3. The van der Waals surface area contributed by atoms with Crippen molar-refractivity contribution in [3.05, 3.63) is 93.7 Å². The maximum Gasteiger partial charge on any atom is 0.254 e. The summed E-state index contributed by atoms with van der Waals surface area (Å²) in [5, 5.41) is 2.16. The fraction of sp³-hybridized carbons (Fsp3) is 0.333. The molecule has 2 unspecified atom stereocenters. The molecule has 3 aromatic rings. The van der Waals surface area contributed by atoms with Crippen LogP contribution in [0.15, 0.2) is 72.1 Å². The van der Waals surface area contributed by atoms with E-state index in [1.54, 1.807) is 0 Å². The average molecular weight is 460 g/mol. The van der Waals surface area contributed by atoms with E-state index in [1.807, 2.05) is 64.5 Å². The Morgan fingerprint density at radius 1 is 0.939 bits per heavy atom. The molecule has 0 N–H and O–H groups in total. The van der Waals surface area contributed by atoms with E-state index in [2.05, 4.69) is 40.6 Å². The van der Waals surface area contributed by atoms with Crippen LogP contribution in [0.2, 0.25) is 0 Å². The summed E-state index contributed by atoms with van der Waals surface area (Å²) in [6, 6.07) is 22.2. The van der Waals surface area contributed by atoms with Crippen molar-refractivity contribution in [2.45, 2.75) is 25.4 Å². The van der Waals surface area contributed by atoms with E-state index in [1.165, 1.54) is 16.0 Å². The molecule has 0 saturated carbocycles. The SMILES string of the molecule is CC1CN(C(=O)CN2CCc3sccc3C2c2ccccc2)CCN1C(=O)c1ccccc1. The molecule has 5 nitrogen and oxygen atoms in total. The number of piperazine rings is 1. The highest BCUT2D eigenvalue weighted by atomic mass is 32.1. The Balaban J connectivity index is 1.27. The topological polar surface area (TPSA) is 43.9 Å². The van der Waals surface area contributed by atoms with Gasteiger partial charge in [-0.25, -0.2) is 0 Å². The average Bonchev–Trinajstić information content (AvgIpc) is 3.33. The zero-order valence-corrected chi connectivity index (χ0v) is 19.7. The van der Waals surface area contributed by atoms with Crippen LogP contribution in [0.1, 0.15) is 39.3 Å². The summed E-state index contributed by atoms with van der Waals surface area (Å²) in [5.74, 6) is 0.189. The second-order valence-electron chi connectivity index (χ2n) is 8.89. The number of rotatable bonds is 4. The highest BCUT2D eigenvalue weighted by Gasteiger charge is 2.34. The van der Waals surface area contributed by atoms with Gasteiger partial charge in [0.15, 0.2) is 0 Å². The second kappa shape index (κ2) is 9.49. The fourth-order valence-electron chi connectivity index (χ4n) is 5.07. The largest absolute Gasteiger partial charge is 0.338 e. The summed E-state index contributed by atoms with van der Waals surface area (Å²) in [7, 11) is 0. The first-order valence-corrected chi connectivity index (χ1v) is 12.5. The zero-order chi connectivity index (χ0) is 22.8. The molecule has 3 heterocycles. The van der Waals surface area contributed by atoms with Gasteiger partial charge in [0.1, 0.15) is 0 Å². The van der Waals surface area contributed by atoms with Crippen molar-refractivity contribution in [1.82, 2.24) is 14.7 Å². The molecule has 0 radical (unpaired) electrons. The van der Waals surface area contributed by atoms with Crippen LogP contribution in [0.5, 0.6) is 0 Å². The molecule has 1 saturated heterocycles. The smallest absolute Gasteiger partial charge is 0.254 e. The lowest BCUT2D eigenvalue weighted by Gasteiger charge is -2.42. The number of thiophene rings is 1. The van der Waals surface area contributed by atoms with Crippen LogP contribution in [0.4, 0.5) is 0 Å². The van der Waals surface area contributed by atoms with Crippen molar-refractivity contribution in [3.63, 3.8) is 0 Å². The van der Waals surface area contributed by atoms with Crippen molar-refractivity contribution < 1.29 is 9.59 Å². The van der Waals surface area contributed by atoms with Crippen molar-refractivity contribution in [3.8, 4) is 0 Å². The predicted octanol–water partition coefficient (Wildman–Crippen LogP) is 4.07. The van der Waals surface area contributed by atoms with Gasteiger partial charge in [0.2, 0.25) is 5.91 Å². The summed E-state index contributed by atoms with van der Waals surface area (Å²) >= 11 is 1.81. The number of hydrogen-bond acceptors (Lipinski definition) is 4. The number of carbonyl (C=O) groups is 2. The van der Waals surface area contributed by atoms with Gasteiger partial charge >= 0.3 is 0 Å². The van der Waals surface area contributed by atoms with E-state index in [0.717, 1.165) is 13.0 Å². The van der Waals surface area contributed by atoms with E-state index >= 15 is 0 Å². The molecule has 5 rings (SSSR count). The molecule has 6 heteroatoms. The van der Waals surface area contributed by atoms with Crippen molar-refractivity contribution in [2.24, 2.45) is 0 Å². The minimum atomic E-state index is -0.00911. The molecule has 2 aliphatic heterocycles. The van der Waals surface area contributed by atoms with Gasteiger partial charge in [-0.3, -0.25) is 14.5 Å². The summed E-state index contributed by atoms with van der Waals surface area (Å²) in [5.41, 5.74) is 3.27. The van der Waals surface area contributed by atoms with E-state index in [-0.39, 0.29) is 23.9 Å². The number of carbonyl (C=O) groups excluding carboxylic acids is 2. The van der Waals surface area contributed by atoms with Gasteiger partial charge in [-0.1, -0.05) is 48.5 Å². The van der Waals surface area contributed by atoms with Crippen LogP contribution in [0.25, 0.3) is 0 Å². The maximum absolute atomic E-state index is 13.4. The van der Waals surface area contributed by atoms with Gasteiger partial charge in [-0.15, -0.1) is 11.3 Å². The molecular weight excluding hydrogens is 430 g/mol. The van der Waals surface area contributed by atoms with Crippen molar-refractivity contribution >= 4 is 23.2 Å². The number of amides is 2. The van der Waals surface area contributed by atoms with Crippen LogP contribution < -0.4 is 0 Å². The number of nitrogens with zero attached hydrogens (tertiary/aromatic N) is 3. The molecule has 2 atom stereocenters. The van der Waals surface area contributed by atoms with Gasteiger partial charge in [-0.05, 0) is 48.1 Å². The predicted molar refractivity (Wildman–Crippen MR) is 131 cm³/mol. The van der Waals surface area contributed by atoms with Gasteiger partial charge in [0, 0.05) is 42.7 Å². The molecule has 1 aromatic heterocycles. The highest BCUT2D eigenvalue weighted by Crippen LogP contribution is 2.37. The molecular formula is C27H29N3O2S. The first-order chi connectivity index (χ1) is 16.1. The minimum Gasteiger partial charge on any atom is -0.338 e. The molecule has 170 valence electrons. The summed E-state index contributed by atoms with van der Waals surface area (Å²) in [4.78, 5) is 33.9. The monoisotopic (exact) mass is 459 g/mol. The van der Waals surface area contributed by atoms with Gasteiger partial charge < -0.3 is 9.80 Å². The Morgan fingerprint density at radius 3 is 2.39 bits per heavy atom. The second-order valence-corrected chi connectivity index (χ2v) is 9.89. The molecule has 33 heavy (non-hydrogen) atoms. The molecule has 2 aromatic carbocycles. The Hall–Kier alpha value is -2.96. The Kier molecular flexibility index (Phi) is 6.29. The normalized spacial score (nSPS) is 21.0. The van der Waals surface area contributed by atoms with Crippen LogP contribution in [0.3, 0.4) is 0 Å². The number of benzene rings is 2. The maximum atomic E-state index is 13.4. The van der Waals surface area contributed by atoms with Gasteiger partial charge in [0.05, 0.1) is 12.6 Å². The minimum absolute atomic E-state index is 0.00911. The van der Waals surface area contributed by atoms with E-state index in [4.69, 9.17) is 0 Å². The van der Waals surface area contributed by atoms with Gasteiger partial charge in [0.25, 0.3) is 5.91 Å².